The molecule has 1 heterocycles. The monoisotopic (exact) mass is 648 g/mol. The summed E-state index contributed by atoms with van der Waals surface area (Å²) < 4.78 is 121. The molecule has 0 radical (unpaired) electrons. The topological polar surface area (TPSA) is 101 Å². The first-order valence-electron chi connectivity index (χ1n) is 14.0. The Balaban J connectivity index is 1.52. The van der Waals surface area contributed by atoms with Crippen molar-refractivity contribution in [2.24, 2.45) is 11.8 Å². The van der Waals surface area contributed by atoms with Crippen molar-refractivity contribution in [3.05, 3.63) is 65.0 Å². The van der Waals surface area contributed by atoms with E-state index in [1.54, 1.807) is 0 Å². The van der Waals surface area contributed by atoms with Crippen molar-refractivity contribution in [2.75, 3.05) is 19.3 Å². The summed E-state index contributed by atoms with van der Waals surface area (Å²) >= 11 is 0. The summed E-state index contributed by atoms with van der Waals surface area (Å²) in [6.45, 7) is 0.894. The van der Waals surface area contributed by atoms with Crippen LogP contribution in [-0.2, 0) is 41.5 Å². The van der Waals surface area contributed by atoms with Gasteiger partial charge >= 0.3 is 6.18 Å². The highest BCUT2D eigenvalue weighted by molar-refractivity contribution is 7.92. The molecular weight excluding hydrogens is 615 g/mol. The summed E-state index contributed by atoms with van der Waals surface area (Å²) in [5, 5.41) is 2.97. The number of nitrogens with zero attached hydrogens (tertiary/aromatic N) is 1. The highest BCUT2D eigenvalue weighted by Gasteiger charge is 2.62. The molecule has 236 valence electrons. The molecule has 7 nitrogen and oxygen atoms in total. The molecule has 0 bridgehead atoms. The van der Waals surface area contributed by atoms with E-state index in [2.05, 4.69) is 5.32 Å². The number of sulfone groups is 1. The average molecular weight is 649 g/mol. The number of benzene rings is 2. The number of nitrogens with one attached hydrogen (secondary N) is 1. The van der Waals surface area contributed by atoms with Crippen LogP contribution in [0.1, 0.15) is 55.7 Å². The number of fused-ring (bicyclic) bond motifs is 3. The Hall–Kier alpha value is -2.58. The predicted octanol–water partition coefficient (Wildman–Crippen LogP) is 4.75. The lowest BCUT2D eigenvalue weighted by Crippen LogP contribution is -2.50. The molecular formula is C29H33F5N2O5S2. The van der Waals surface area contributed by atoms with E-state index in [0.29, 0.717) is 19.8 Å². The number of alkyl halides is 4. The van der Waals surface area contributed by atoms with Crippen molar-refractivity contribution in [3.8, 4) is 0 Å². The summed E-state index contributed by atoms with van der Waals surface area (Å²) in [5.41, 5.74) is -3.81. The lowest BCUT2D eigenvalue weighted by atomic mass is 9.72. The van der Waals surface area contributed by atoms with Crippen molar-refractivity contribution in [3.63, 3.8) is 0 Å². The van der Waals surface area contributed by atoms with Crippen LogP contribution in [0.25, 0.3) is 0 Å². The van der Waals surface area contributed by atoms with Crippen LogP contribution < -0.4 is 5.32 Å². The van der Waals surface area contributed by atoms with E-state index >= 15 is 0 Å². The molecule has 14 heteroatoms. The maximum Gasteiger partial charge on any atom is 0.426 e. The Morgan fingerprint density at radius 3 is 2.16 bits per heavy atom. The normalized spacial score (nSPS) is 26.8. The van der Waals surface area contributed by atoms with Gasteiger partial charge < -0.3 is 5.32 Å². The minimum absolute atomic E-state index is 0.0134. The molecule has 2 aromatic rings. The number of hydrogen-bond acceptors (Lipinski definition) is 5. The minimum atomic E-state index is -5.19. The van der Waals surface area contributed by atoms with Gasteiger partial charge in [-0.1, -0.05) is 18.2 Å². The molecule has 5 rings (SSSR count). The largest absolute Gasteiger partial charge is 0.426 e. The van der Waals surface area contributed by atoms with Crippen LogP contribution >= 0.6 is 0 Å². The van der Waals surface area contributed by atoms with Crippen molar-refractivity contribution in [1.82, 2.24) is 9.62 Å². The smallest absolute Gasteiger partial charge is 0.353 e. The second-order valence-corrected chi connectivity index (χ2v) is 16.1. The number of aryl methyl sites for hydroxylation is 1. The summed E-state index contributed by atoms with van der Waals surface area (Å²) in [4.78, 5) is 13.5. The van der Waals surface area contributed by atoms with Gasteiger partial charge in [-0.25, -0.2) is 29.9 Å². The molecule has 2 fully saturated rings. The van der Waals surface area contributed by atoms with E-state index in [1.165, 1.54) is 10.4 Å². The van der Waals surface area contributed by atoms with E-state index in [0.717, 1.165) is 42.7 Å². The van der Waals surface area contributed by atoms with Crippen molar-refractivity contribution in [2.45, 2.75) is 73.0 Å². The molecule has 1 saturated heterocycles. The zero-order chi connectivity index (χ0) is 31.6. The summed E-state index contributed by atoms with van der Waals surface area (Å²) in [5.74, 6) is -2.52. The van der Waals surface area contributed by atoms with Gasteiger partial charge in [-0.2, -0.15) is 13.2 Å². The molecule has 4 atom stereocenters. The number of sulfonamides is 1. The van der Waals surface area contributed by atoms with Crippen molar-refractivity contribution < 1.29 is 43.6 Å². The first-order valence-corrected chi connectivity index (χ1v) is 17.4. The van der Waals surface area contributed by atoms with Crippen LogP contribution in [0.5, 0.6) is 0 Å². The average Bonchev–Trinajstić information content (AvgIpc) is 3.34. The van der Waals surface area contributed by atoms with Crippen molar-refractivity contribution >= 4 is 25.8 Å². The highest BCUT2D eigenvalue weighted by atomic mass is 32.2. The molecule has 1 N–H and O–H groups in total. The number of halogens is 5. The highest BCUT2D eigenvalue weighted by Crippen LogP contribution is 2.59. The van der Waals surface area contributed by atoms with E-state index < -0.39 is 59.7 Å². The number of amides is 1. The minimum Gasteiger partial charge on any atom is -0.353 e. The molecule has 0 aromatic heterocycles. The first-order chi connectivity index (χ1) is 19.9. The van der Waals surface area contributed by atoms with Gasteiger partial charge in [-0.15, -0.1) is 0 Å². The number of hydrogen-bond donors (Lipinski definition) is 1. The molecule has 1 aliphatic heterocycles. The predicted molar refractivity (Wildman–Crippen MR) is 148 cm³/mol. The van der Waals surface area contributed by atoms with Gasteiger partial charge in [0.05, 0.1) is 11.2 Å². The van der Waals surface area contributed by atoms with Gasteiger partial charge in [0.1, 0.15) is 10.6 Å². The second kappa shape index (κ2) is 10.8. The molecule has 1 unspecified atom stereocenters. The molecule has 43 heavy (non-hydrogen) atoms. The van der Waals surface area contributed by atoms with E-state index in [1.807, 2.05) is 0 Å². The number of carbonyl (C=O) groups is 1. The maximum absolute atomic E-state index is 14.9. The summed E-state index contributed by atoms with van der Waals surface area (Å²) in [6.07, 6.45) is -2.85. The third-order valence-electron chi connectivity index (χ3n) is 9.48. The van der Waals surface area contributed by atoms with Gasteiger partial charge in [0.15, 0.2) is 9.84 Å². The Bertz CT molecular complexity index is 1620. The summed E-state index contributed by atoms with van der Waals surface area (Å²) in [6, 6.07) is 7.23. The number of piperidine rings is 1. The molecule has 3 aliphatic rings. The summed E-state index contributed by atoms with van der Waals surface area (Å²) in [7, 11) is -7.69. The Morgan fingerprint density at radius 1 is 0.953 bits per heavy atom. The number of rotatable bonds is 6. The van der Waals surface area contributed by atoms with Gasteiger partial charge in [-0.3, -0.25) is 4.79 Å². The van der Waals surface area contributed by atoms with Crippen molar-refractivity contribution in [1.29, 1.82) is 0 Å². The fourth-order valence-corrected chi connectivity index (χ4v) is 10.4. The SMILES string of the molecule is CC(F)(c1ccc2c(c1)CC[C@H]1[C@H](C(=O)NC3CCN(S(C)(=O)=O)CC3)CC[C@@]21S(=O)(=O)c1ccc(F)cc1)C(F)(F)F. The van der Waals surface area contributed by atoms with E-state index in [4.69, 9.17) is 0 Å². The Labute approximate surface area is 247 Å². The van der Waals surface area contributed by atoms with Crippen LogP contribution in [0.4, 0.5) is 22.0 Å². The molecule has 0 spiro atoms. The van der Waals surface area contributed by atoms with Gasteiger partial charge in [0.25, 0.3) is 0 Å². The van der Waals surface area contributed by atoms with Gasteiger partial charge in [-0.05, 0) is 92.3 Å². The lowest BCUT2D eigenvalue weighted by Gasteiger charge is -2.42. The maximum atomic E-state index is 14.9. The van der Waals surface area contributed by atoms with Crippen LogP contribution in [0, 0.1) is 17.7 Å². The van der Waals surface area contributed by atoms with Gasteiger partial charge in [0.2, 0.25) is 21.6 Å². The third-order valence-corrected chi connectivity index (χ3v) is 13.4. The van der Waals surface area contributed by atoms with Crippen LogP contribution in [0.3, 0.4) is 0 Å². The molecule has 2 aliphatic carbocycles. The van der Waals surface area contributed by atoms with E-state index in [-0.39, 0.29) is 66.7 Å². The number of carbonyl (C=O) groups excluding carboxylic acids is 1. The molecule has 2 aromatic carbocycles. The first kappa shape index (κ1) is 31.8. The third kappa shape index (κ3) is 5.37. The zero-order valence-corrected chi connectivity index (χ0v) is 25.3. The standard InChI is InChI=1S/C29H33F5N2O5S2/c1-27(31,29(32,33)34)19-4-10-24-18(17-19)3-9-25-23(26(37)35-21-12-15-36(16-13-21)42(2,38)39)11-14-28(24,25)43(40,41)22-7-5-20(30)6-8-22/h4-8,10,17,21,23,25H,3,9,11-16H2,1-2H3,(H,35,37)/t23-,25+,27?,28-/m1/s1. The van der Waals surface area contributed by atoms with Crippen LogP contribution in [0.2, 0.25) is 0 Å². The second-order valence-electron chi connectivity index (χ2n) is 12.0. The fraction of sp³-hybridized carbons (Fsp3) is 0.552. The molecule has 1 saturated carbocycles. The lowest BCUT2D eigenvalue weighted by molar-refractivity contribution is -0.228. The van der Waals surface area contributed by atoms with Gasteiger partial charge in [0, 0.05) is 25.0 Å². The quantitative estimate of drug-likeness (QED) is 0.360. The molecule has 1 amide bonds. The Morgan fingerprint density at radius 2 is 1.58 bits per heavy atom. The zero-order valence-electron chi connectivity index (χ0n) is 23.6. The van der Waals surface area contributed by atoms with E-state index in [9.17, 15) is 43.6 Å². The fourth-order valence-electron chi connectivity index (χ4n) is 7.09. The van der Waals surface area contributed by atoms with Crippen LogP contribution in [0.15, 0.2) is 47.4 Å². The van der Waals surface area contributed by atoms with Crippen LogP contribution in [-0.4, -0.2) is 58.6 Å². The Kier molecular flexibility index (Phi) is 7.99.